The molecule has 7 nitrogen and oxygen atoms in total. The van der Waals surface area contributed by atoms with E-state index in [2.05, 4.69) is 5.32 Å². The van der Waals surface area contributed by atoms with Gasteiger partial charge in [-0.25, -0.2) is 14.2 Å². The van der Waals surface area contributed by atoms with Crippen LogP contribution in [0.3, 0.4) is 0 Å². The van der Waals surface area contributed by atoms with E-state index in [1.165, 1.54) is 12.1 Å². The van der Waals surface area contributed by atoms with E-state index >= 15 is 0 Å². The molecule has 2 aromatic carbocycles. The summed E-state index contributed by atoms with van der Waals surface area (Å²) >= 11 is 18.6. The van der Waals surface area contributed by atoms with Gasteiger partial charge < -0.3 is 14.8 Å². The number of carbonyl (C=O) groups is 3. The second kappa shape index (κ2) is 10.9. The average molecular weight is 540 g/mol. The highest BCUT2D eigenvalue weighted by atomic mass is 35.5. The van der Waals surface area contributed by atoms with Gasteiger partial charge in [-0.1, -0.05) is 34.8 Å². The zero-order valence-corrected chi connectivity index (χ0v) is 22.0. The lowest BCUT2D eigenvalue weighted by Crippen LogP contribution is -2.29. The summed E-state index contributed by atoms with van der Waals surface area (Å²) in [7, 11) is 0. The monoisotopic (exact) mass is 538 g/mol. The van der Waals surface area contributed by atoms with E-state index in [-0.39, 0.29) is 52.3 Å². The molecule has 0 radical (unpaired) electrons. The van der Waals surface area contributed by atoms with Gasteiger partial charge in [0.05, 0.1) is 22.8 Å². The highest BCUT2D eigenvalue weighted by molar-refractivity contribution is 6.40. The summed E-state index contributed by atoms with van der Waals surface area (Å²) in [5.74, 6) is -0.884. The summed E-state index contributed by atoms with van der Waals surface area (Å²) in [4.78, 5) is 38.8. The van der Waals surface area contributed by atoms with Gasteiger partial charge >= 0.3 is 12.1 Å². The summed E-state index contributed by atoms with van der Waals surface area (Å²) in [6.45, 7) is 7.02. The third-order valence-electron chi connectivity index (χ3n) is 4.85. The van der Waals surface area contributed by atoms with Crippen LogP contribution in [0.4, 0.5) is 10.5 Å². The summed E-state index contributed by atoms with van der Waals surface area (Å²) < 4.78 is 11.9. The summed E-state index contributed by atoms with van der Waals surface area (Å²) in [6.07, 6.45) is -0.692. The number of halogens is 3. The molecule has 0 amide bonds. The fourth-order valence-corrected chi connectivity index (χ4v) is 4.18. The highest BCUT2D eigenvalue weighted by Crippen LogP contribution is 2.39. The Hall–Kier alpha value is -2.74. The molecule has 1 aromatic heterocycles. The first-order valence-corrected chi connectivity index (χ1v) is 12.0. The van der Waals surface area contributed by atoms with E-state index in [0.29, 0.717) is 16.0 Å². The number of anilines is 1. The molecule has 186 valence electrons. The summed E-state index contributed by atoms with van der Waals surface area (Å²) in [5, 5.41) is 4.49. The fourth-order valence-electron chi connectivity index (χ4n) is 3.48. The van der Waals surface area contributed by atoms with Crippen molar-refractivity contribution in [3.8, 4) is 0 Å². The second-order valence-electron chi connectivity index (χ2n) is 8.65. The fraction of sp³-hybridized carbons (Fsp3) is 0.320. The molecule has 0 atom stereocenters. The van der Waals surface area contributed by atoms with E-state index in [1.807, 2.05) is 0 Å². The van der Waals surface area contributed by atoms with Crippen LogP contribution in [0.2, 0.25) is 15.1 Å². The minimum Gasteiger partial charge on any atom is -0.461 e. The maximum Gasteiger partial charge on any atom is 0.419 e. The maximum atomic E-state index is 13.2. The van der Waals surface area contributed by atoms with Crippen molar-refractivity contribution in [3.63, 3.8) is 0 Å². The van der Waals surface area contributed by atoms with Gasteiger partial charge in [0.2, 0.25) is 0 Å². The number of nitrogens with zero attached hydrogens (tertiary/aromatic N) is 1. The van der Waals surface area contributed by atoms with Crippen molar-refractivity contribution in [2.24, 2.45) is 0 Å². The molecule has 0 unspecified atom stereocenters. The lowest BCUT2D eigenvalue weighted by molar-refractivity contribution is 0.0455. The quantitative estimate of drug-likeness (QED) is 0.251. The largest absolute Gasteiger partial charge is 0.461 e. The van der Waals surface area contributed by atoms with Crippen molar-refractivity contribution in [2.75, 3.05) is 18.5 Å². The summed E-state index contributed by atoms with van der Waals surface area (Å²) in [5.41, 5.74) is 0.0869. The Labute approximate surface area is 218 Å². The van der Waals surface area contributed by atoms with Crippen LogP contribution >= 0.6 is 34.8 Å². The first-order chi connectivity index (χ1) is 16.4. The lowest BCUT2D eigenvalue weighted by Gasteiger charge is -2.20. The summed E-state index contributed by atoms with van der Waals surface area (Å²) in [6, 6.07) is 9.57. The SMILES string of the molecule is CCOC(=O)c1c(NCCC(=O)c2ccc(Cl)cc2)c2c(Cl)cc(Cl)cc2n1C(=O)OC(C)(C)C. The molecule has 35 heavy (non-hydrogen) atoms. The Morgan fingerprint density at radius 2 is 1.66 bits per heavy atom. The number of esters is 1. The number of hydrogen-bond donors (Lipinski definition) is 1. The standard InChI is InChI=1S/C25H25Cl3N2O5/c1-5-34-23(32)22-21(29-11-10-19(31)14-6-8-15(26)9-7-14)20-17(28)12-16(27)13-18(20)30(22)24(33)35-25(2,3)4/h6-9,12-13,29H,5,10-11H2,1-4H3. The molecule has 0 aliphatic carbocycles. The first kappa shape index (κ1) is 26.9. The smallest absolute Gasteiger partial charge is 0.419 e. The predicted octanol–water partition coefficient (Wildman–Crippen LogP) is 7.25. The zero-order chi connectivity index (χ0) is 25.9. The number of benzene rings is 2. The molecule has 10 heteroatoms. The third-order valence-corrected chi connectivity index (χ3v) is 5.62. The van der Waals surface area contributed by atoms with Crippen LogP contribution in [0.25, 0.3) is 10.9 Å². The number of rotatable bonds is 7. The molecular formula is C25H25Cl3N2O5. The Balaban J connectivity index is 2.07. The zero-order valence-electron chi connectivity index (χ0n) is 19.7. The van der Waals surface area contributed by atoms with Crippen molar-refractivity contribution in [2.45, 2.75) is 39.7 Å². The molecule has 0 spiro atoms. The molecule has 1 N–H and O–H groups in total. The van der Waals surface area contributed by atoms with Gasteiger partial charge in [-0.05, 0) is 64.1 Å². The van der Waals surface area contributed by atoms with Crippen LogP contribution in [0, 0.1) is 0 Å². The van der Waals surface area contributed by atoms with Crippen molar-refractivity contribution in [3.05, 3.63) is 62.7 Å². The maximum absolute atomic E-state index is 13.2. The number of carbonyl (C=O) groups excluding carboxylic acids is 3. The number of ether oxygens (including phenoxy) is 2. The van der Waals surface area contributed by atoms with Crippen LogP contribution in [0.15, 0.2) is 36.4 Å². The Morgan fingerprint density at radius 1 is 1.00 bits per heavy atom. The predicted molar refractivity (Wildman–Crippen MR) is 138 cm³/mol. The van der Waals surface area contributed by atoms with Crippen LogP contribution in [0.5, 0.6) is 0 Å². The number of nitrogens with one attached hydrogen (secondary N) is 1. The van der Waals surface area contributed by atoms with Crippen LogP contribution < -0.4 is 5.32 Å². The van der Waals surface area contributed by atoms with Gasteiger partial charge in [-0.15, -0.1) is 0 Å². The second-order valence-corrected chi connectivity index (χ2v) is 9.93. The minimum atomic E-state index is -0.833. The lowest BCUT2D eigenvalue weighted by atomic mass is 10.1. The van der Waals surface area contributed by atoms with Gasteiger partial charge in [0.15, 0.2) is 11.5 Å². The van der Waals surface area contributed by atoms with Gasteiger partial charge in [0.1, 0.15) is 5.60 Å². The normalized spacial score (nSPS) is 11.4. The molecule has 0 aliphatic rings. The van der Waals surface area contributed by atoms with E-state index in [0.717, 1.165) is 4.57 Å². The minimum absolute atomic E-state index is 0.0810. The van der Waals surface area contributed by atoms with Crippen molar-refractivity contribution >= 4 is 69.2 Å². The van der Waals surface area contributed by atoms with Crippen molar-refractivity contribution in [1.82, 2.24) is 4.57 Å². The van der Waals surface area contributed by atoms with E-state index < -0.39 is 17.7 Å². The van der Waals surface area contributed by atoms with Gasteiger partial charge in [-0.2, -0.15) is 0 Å². The topological polar surface area (TPSA) is 86.6 Å². The molecule has 3 aromatic rings. The van der Waals surface area contributed by atoms with Crippen LogP contribution in [-0.2, 0) is 9.47 Å². The molecular weight excluding hydrogens is 515 g/mol. The average Bonchev–Trinajstić information content (AvgIpc) is 3.07. The number of ketones is 1. The molecule has 0 fully saturated rings. The number of hydrogen-bond acceptors (Lipinski definition) is 6. The van der Waals surface area contributed by atoms with Crippen LogP contribution in [0.1, 0.15) is 55.0 Å². The Morgan fingerprint density at radius 3 is 2.26 bits per heavy atom. The third kappa shape index (κ3) is 6.28. The van der Waals surface area contributed by atoms with E-state index in [4.69, 9.17) is 44.3 Å². The molecule has 3 rings (SSSR count). The number of aromatic nitrogens is 1. The Kier molecular flexibility index (Phi) is 8.36. The molecule has 0 saturated heterocycles. The van der Waals surface area contributed by atoms with Crippen LogP contribution in [-0.4, -0.2) is 41.2 Å². The molecule has 1 heterocycles. The first-order valence-electron chi connectivity index (χ1n) is 10.9. The molecule has 0 saturated carbocycles. The van der Waals surface area contributed by atoms with E-state index in [9.17, 15) is 14.4 Å². The van der Waals surface area contributed by atoms with E-state index in [1.54, 1.807) is 52.0 Å². The number of fused-ring (bicyclic) bond motifs is 1. The number of Topliss-reactive ketones (excluding diaryl/α,β-unsaturated/α-hetero) is 1. The van der Waals surface area contributed by atoms with Crippen molar-refractivity contribution in [1.29, 1.82) is 0 Å². The van der Waals surface area contributed by atoms with Gasteiger partial charge in [-0.3, -0.25) is 4.79 Å². The van der Waals surface area contributed by atoms with Crippen molar-refractivity contribution < 1.29 is 23.9 Å². The van der Waals surface area contributed by atoms with Gasteiger partial charge in [0.25, 0.3) is 0 Å². The molecule has 0 bridgehead atoms. The molecule has 0 aliphatic heterocycles. The Bertz CT molecular complexity index is 1280. The highest BCUT2D eigenvalue weighted by Gasteiger charge is 2.31. The van der Waals surface area contributed by atoms with Gasteiger partial charge in [0, 0.05) is 34.0 Å².